The fourth-order valence-corrected chi connectivity index (χ4v) is 7.80. The molecule has 1 amide bonds. The number of pyridine rings is 1. The molecule has 1 atom stereocenters. The van der Waals surface area contributed by atoms with Crippen LogP contribution in [0.1, 0.15) is 79.9 Å². The summed E-state index contributed by atoms with van der Waals surface area (Å²) in [5, 5.41) is 5.01. The minimum Gasteiger partial charge on any atom is -0.473 e. The van der Waals surface area contributed by atoms with Crippen molar-refractivity contribution in [2.75, 3.05) is 39.5 Å². The maximum absolute atomic E-state index is 13.6. The van der Waals surface area contributed by atoms with Gasteiger partial charge in [-0.1, -0.05) is 43.5 Å². The number of carbonyl (C=O) groups is 1. The van der Waals surface area contributed by atoms with Crippen molar-refractivity contribution in [2.45, 2.75) is 81.7 Å². The lowest BCUT2D eigenvalue weighted by atomic mass is 9.95. The first-order valence-corrected chi connectivity index (χ1v) is 17.6. The van der Waals surface area contributed by atoms with Crippen LogP contribution >= 0.6 is 0 Å². The molecule has 2 saturated carbocycles. The van der Waals surface area contributed by atoms with Gasteiger partial charge in [0, 0.05) is 31.8 Å². The minimum atomic E-state index is -3.92. The largest absolute Gasteiger partial charge is 0.473 e. The summed E-state index contributed by atoms with van der Waals surface area (Å²) in [7, 11) is -3.92. The number of hydrogen-bond acceptors (Lipinski definition) is 9. The van der Waals surface area contributed by atoms with Crippen molar-refractivity contribution < 1.29 is 27.4 Å². The molecule has 1 unspecified atom stereocenters. The number of nitrogens with one attached hydrogen (secondary N) is 1. The van der Waals surface area contributed by atoms with E-state index in [0.717, 1.165) is 94.3 Å². The number of ether oxygens (including phenoxy) is 3. The molecular formula is C32H41N5O6S. The lowest BCUT2D eigenvalue weighted by molar-refractivity contribution is 0.0342. The number of aromatic nitrogens is 3. The van der Waals surface area contributed by atoms with E-state index in [9.17, 15) is 13.2 Å². The van der Waals surface area contributed by atoms with Crippen LogP contribution in [0.5, 0.6) is 5.88 Å². The highest BCUT2D eigenvalue weighted by molar-refractivity contribution is 7.90. The molecule has 2 saturated heterocycles. The molecule has 2 aliphatic heterocycles. The van der Waals surface area contributed by atoms with Crippen molar-refractivity contribution in [3.8, 4) is 17.0 Å². The highest BCUT2D eigenvalue weighted by atomic mass is 32.2. The zero-order valence-corrected chi connectivity index (χ0v) is 25.9. The highest BCUT2D eigenvalue weighted by Crippen LogP contribution is 2.40. The van der Waals surface area contributed by atoms with Crippen molar-refractivity contribution in [1.82, 2.24) is 24.4 Å². The van der Waals surface area contributed by atoms with Crippen LogP contribution in [0.2, 0.25) is 0 Å². The first-order valence-electron chi connectivity index (χ1n) is 16.1. The normalized spacial score (nSPS) is 22.2. The number of benzene rings is 1. The lowest BCUT2D eigenvalue weighted by Gasteiger charge is -2.26. The van der Waals surface area contributed by atoms with Crippen molar-refractivity contribution in [3.63, 3.8) is 0 Å². The molecule has 11 nitrogen and oxygen atoms in total. The standard InChI is InChI=1S/C32H41N5O6S/c38-31(35-44(39,40)26-13-16-42-21-26)28-19-27(23-11-9-22(10-12-23)20-36-14-17-41-18-15-36)29-30(33-28)37(24-5-2-1-3-6-24)34-32(29)43-25-7-4-8-25/h9-12,19,24-26H,1-8,13-18,20-21H2,(H,35,38). The van der Waals surface area contributed by atoms with Gasteiger partial charge in [0.05, 0.1) is 31.2 Å². The number of carbonyl (C=O) groups excluding carboxylic acids is 1. The summed E-state index contributed by atoms with van der Waals surface area (Å²) in [6.45, 7) is 4.58. The average Bonchev–Trinajstić information content (AvgIpc) is 3.70. The Kier molecular flexibility index (Phi) is 8.58. The molecule has 2 aromatic heterocycles. The van der Waals surface area contributed by atoms with E-state index in [4.69, 9.17) is 24.3 Å². The summed E-state index contributed by atoms with van der Waals surface area (Å²) in [6.07, 6.45) is 8.90. The maximum Gasteiger partial charge on any atom is 0.283 e. The molecule has 44 heavy (non-hydrogen) atoms. The van der Waals surface area contributed by atoms with Crippen LogP contribution in [0.15, 0.2) is 30.3 Å². The first kappa shape index (κ1) is 29.6. The predicted octanol–water partition coefficient (Wildman–Crippen LogP) is 4.22. The highest BCUT2D eigenvalue weighted by Gasteiger charge is 2.33. The van der Waals surface area contributed by atoms with Gasteiger partial charge >= 0.3 is 0 Å². The monoisotopic (exact) mass is 623 g/mol. The zero-order chi connectivity index (χ0) is 30.1. The molecule has 2 aliphatic carbocycles. The van der Waals surface area contributed by atoms with Crippen LogP contribution in [0, 0.1) is 0 Å². The average molecular weight is 624 g/mol. The van der Waals surface area contributed by atoms with E-state index in [0.29, 0.717) is 24.6 Å². The van der Waals surface area contributed by atoms with Crippen LogP contribution in [-0.2, 0) is 26.0 Å². The molecule has 4 aliphatic rings. The van der Waals surface area contributed by atoms with Gasteiger partial charge in [-0.15, -0.1) is 5.10 Å². The Morgan fingerprint density at radius 3 is 2.41 bits per heavy atom. The van der Waals surface area contributed by atoms with E-state index in [-0.39, 0.29) is 24.4 Å². The van der Waals surface area contributed by atoms with Gasteiger partial charge in [0.1, 0.15) is 17.0 Å². The minimum absolute atomic E-state index is 0.0412. The summed E-state index contributed by atoms with van der Waals surface area (Å²) in [5.41, 5.74) is 3.45. The molecule has 0 bridgehead atoms. The molecule has 236 valence electrons. The molecule has 0 spiro atoms. The van der Waals surface area contributed by atoms with Crippen molar-refractivity contribution >= 4 is 27.0 Å². The van der Waals surface area contributed by atoms with E-state index in [1.54, 1.807) is 6.07 Å². The Morgan fingerprint density at radius 1 is 0.955 bits per heavy atom. The van der Waals surface area contributed by atoms with Gasteiger partial charge in [-0.3, -0.25) is 9.69 Å². The second-order valence-electron chi connectivity index (χ2n) is 12.5. The van der Waals surface area contributed by atoms with Crippen molar-refractivity contribution in [1.29, 1.82) is 0 Å². The molecule has 4 fully saturated rings. The Hall–Kier alpha value is -3.06. The quantitative estimate of drug-likeness (QED) is 0.373. The second kappa shape index (κ2) is 12.7. The zero-order valence-electron chi connectivity index (χ0n) is 25.1. The van der Waals surface area contributed by atoms with Crippen LogP contribution in [0.4, 0.5) is 0 Å². The van der Waals surface area contributed by atoms with E-state index in [2.05, 4.69) is 33.9 Å². The van der Waals surface area contributed by atoms with Crippen LogP contribution < -0.4 is 9.46 Å². The predicted molar refractivity (Wildman–Crippen MR) is 165 cm³/mol. The Morgan fingerprint density at radius 2 is 1.73 bits per heavy atom. The molecule has 0 radical (unpaired) electrons. The third-order valence-corrected chi connectivity index (χ3v) is 11.2. The van der Waals surface area contributed by atoms with Crippen LogP contribution in [-0.4, -0.2) is 84.9 Å². The van der Waals surface area contributed by atoms with Crippen molar-refractivity contribution in [2.24, 2.45) is 0 Å². The smallest absolute Gasteiger partial charge is 0.283 e. The summed E-state index contributed by atoms with van der Waals surface area (Å²) < 4.78 is 47.5. The van der Waals surface area contributed by atoms with E-state index in [1.807, 2.05) is 4.68 Å². The van der Waals surface area contributed by atoms with Gasteiger partial charge in [-0.25, -0.2) is 22.8 Å². The molecule has 1 N–H and O–H groups in total. The maximum atomic E-state index is 13.6. The number of amides is 1. The molecular weight excluding hydrogens is 582 g/mol. The number of fused-ring (bicyclic) bond motifs is 1. The Bertz CT molecular complexity index is 1590. The fraction of sp³-hybridized carbons (Fsp3) is 0.594. The third-order valence-electron chi connectivity index (χ3n) is 9.45. The van der Waals surface area contributed by atoms with Gasteiger partial charge in [0.15, 0.2) is 5.65 Å². The number of morpholine rings is 1. The Labute approximate surface area is 258 Å². The SMILES string of the molecule is O=C(NS(=O)(=O)C1CCOC1)c1cc(-c2ccc(CN3CCOCC3)cc2)c2c(OC3CCC3)nn(C3CCCCC3)c2n1. The molecule has 7 rings (SSSR count). The van der Waals surface area contributed by atoms with E-state index >= 15 is 0 Å². The molecule has 12 heteroatoms. The van der Waals surface area contributed by atoms with E-state index in [1.165, 1.54) is 12.0 Å². The van der Waals surface area contributed by atoms with Gasteiger partial charge < -0.3 is 14.2 Å². The Balaban J connectivity index is 1.30. The van der Waals surface area contributed by atoms with Crippen LogP contribution in [0.3, 0.4) is 0 Å². The molecule has 3 aromatic rings. The fourth-order valence-electron chi connectivity index (χ4n) is 6.59. The summed E-state index contributed by atoms with van der Waals surface area (Å²) in [5.74, 6) is -0.209. The summed E-state index contributed by atoms with van der Waals surface area (Å²) in [6, 6.07) is 10.2. The van der Waals surface area contributed by atoms with E-state index < -0.39 is 21.2 Å². The van der Waals surface area contributed by atoms with Gasteiger partial charge in [0.25, 0.3) is 5.91 Å². The van der Waals surface area contributed by atoms with Crippen LogP contribution in [0.25, 0.3) is 22.2 Å². The van der Waals surface area contributed by atoms with Gasteiger partial charge in [0.2, 0.25) is 15.9 Å². The van der Waals surface area contributed by atoms with Gasteiger partial charge in [-0.05, 0) is 55.7 Å². The van der Waals surface area contributed by atoms with Crippen molar-refractivity contribution in [3.05, 3.63) is 41.6 Å². The summed E-state index contributed by atoms with van der Waals surface area (Å²) >= 11 is 0. The topological polar surface area (TPSA) is 125 Å². The number of hydrogen-bond donors (Lipinski definition) is 1. The van der Waals surface area contributed by atoms with Gasteiger partial charge in [-0.2, -0.15) is 0 Å². The molecule has 4 heterocycles. The number of nitrogens with zero attached hydrogens (tertiary/aromatic N) is 4. The third kappa shape index (κ3) is 6.22. The second-order valence-corrected chi connectivity index (χ2v) is 14.5. The first-order chi connectivity index (χ1) is 21.4. The summed E-state index contributed by atoms with van der Waals surface area (Å²) in [4.78, 5) is 20.8. The molecule has 1 aromatic carbocycles. The lowest BCUT2D eigenvalue weighted by Crippen LogP contribution is -2.39. The number of sulfonamides is 1. The number of rotatable bonds is 9.